The minimum Gasteiger partial charge on any atom is -0.508 e. The summed E-state index contributed by atoms with van der Waals surface area (Å²) in [6.07, 6.45) is 16.2. The highest BCUT2D eigenvalue weighted by atomic mass is 16.4. The molecule has 1 heterocycles. The van der Waals surface area contributed by atoms with Crippen LogP contribution in [0.15, 0.2) is 71.8 Å². The Kier molecular flexibility index (Phi) is 18.0. The molecular weight excluding hydrogens is 691 g/mol. The van der Waals surface area contributed by atoms with Crippen molar-refractivity contribution < 1.29 is 35.4 Å². The van der Waals surface area contributed by atoms with Gasteiger partial charge in [0.25, 0.3) is 0 Å². The Morgan fingerprint density at radius 3 is 2.42 bits per heavy atom. The zero-order chi connectivity index (χ0) is 39.7. The van der Waals surface area contributed by atoms with Gasteiger partial charge in [-0.25, -0.2) is 0 Å². The van der Waals surface area contributed by atoms with Gasteiger partial charge in [0.2, 0.25) is 0 Å². The smallest absolute Gasteiger partial charge is 0.303 e. The lowest BCUT2D eigenvalue weighted by Crippen LogP contribution is -2.63. The van der Waals surface area contributed by atoms with Crippen LogP contribution in [0.3, 0.4) is 0 Å². The summed E-state index contributed by atoms with van der Waals surface area (Å²) in [5, 5.41) is 68.9. The number of carboxylic acids is 1. The molecule has 0 radical (unpaired) electrons. The molecule has 1 fully saturated rings. The third-order valence-corrected chi connectivity index (χ3v) is 12.1. The normalized spacial score (nSPS) is 22.7. The lowest BCUT2D eigenvalue weighted by molar-refractivity contribution is -0.137. The van der Waals surface area contributed by atoms with Crippen LogP contribution in [0, 0.1) is 11.8 Å². The van der Waals surface area contributed by atoms with Gasteiger partial charge >= 0.3 is 5.97 Å². The van der Waals surface area contributed by atoms with Crippen molar-refractivity contribution in [2.24, 2.45) is 0 Å². The lowest BCUT2D eigenvalue weighted by atomic mass is 9.57. The standard InChI is InChI=1S/C47H67NO7/c1-3-4-8-19-39(50)28-25-37-24-23-36-17-12-11-16-35(36)18-15-21-44(46(2,55)47(31-13-7-14-32-47)38-26-29-40(51)30-27-38)48-43(42(37)33-41(52)34-49)20-9-5-6-10-22-45(53)54/h11-12,16-17,25-30,39,41,43-44,48-52,55H,3-10,13-14,19-24,31-34H2,1-2H3,(H,53,54)/b28-25+,42-37+/t39-,41-,43-,44+,46+/m0/s1. The highest BCUT2D eigenvalue weighted by Crippen LogP contribution is 2.49. The average Bonchev–Trinajstić information content (AvgIpc) is 3.17. The summed E-state index contributed by atoms with van der Waals surface area (Å²) in [7, 11) is 0. The summed E-state index contributed by atoms with van der Waals surface area (Å²) >= 11 is 0. The van der Waals surface area contributed by atoms with Crippen LogP contribution in [0.1, 0.15) is 146 Å². The van der Waals surface area contributed by atoms with E-state index in [2.05, 4.69) is 30.1 Å². The highest BCUT2D eigenvalue weighted by molar-refractivity contribution is 5.66. The predicted octanol–water partition coefficient (Wildman–Crippen LogP) is 8.02. The molecule has 2 aromatic rings. The van der Waals surface area contributed by atoms with E-state index in [9.17, 15) is 35.4 Å². The molecule has 2 aliphatic rings. The molecule has 1 saturated carbocycles. The largest absolute Gasteiger partial charge is 0.508 e. The van der Waals surface area contributed by atoms with Gasteiger partial charge in [0.05, 0.1) is 24.4 Å². The predicted molar refractivity (Wildman–Crippen MR) is 220 cm³/mol. The van der Waals surface area contributed by atoms with Crippen molar-refractivity contribution in [1.82, 2.24) is 5.32 Å². The van der Waals surface area contributed by atoms with Gasteiger partial charge in [-0.05, 0) is 98.8 Å². The molecule has 5 atom stereocenters. The van der Waals surface area contributed by atoms with E-state index >= 15 is 0 Å². The van der Waals surface area contributed by atoms with Gasteiger partial charge in [-0.1, -0.05) is 119 Å². The Hall–Kier alpha value is -3.45. The summed E-state index contributed by atoms with van der Waals surface area (Å²) in [4.78, 5) is 11.2. The molecule has 4 rings (SSSR count). The molecule has 8 nitrogen and oxygen atoms in total. The van der Waals surface area contributed by atoms with Gasteiger partial charge in [-0.2, -0.15) is 0 Å². The first kappa shape index (κ1) is 44.3. The molecule has 8 heteroatoms. The summed E-state index contributed by atoms with van der Waals surface area (Å²) in [5.41, 5.74) is 3.04. The molecular formula is C47H67NO7. The summed E-state index contributed by atoms with van der Waals surface area (Å²) in [5.74, 6) is 6.31. The Labute approximate surface area is 329 Å². The monoisotopic (exact) mass is 757 g/mol. The molecule has 7 N–H and O–H groups in total. The van der Waals surface area contributed by atoms with Crippen LogP contribution >= 0.6 is 0 Å². The first-order valence-electron chi connectivity index (χ1n) is 20.9. The molecule has 0 spiro atoms. The third kappa shape index (κ3) is 12.8. The number of fused-ring (bicyclic) bond motifs is 1. The van der Waals surface area contributed by atoms with E-state index in [0.29, 0.717) is 38.5 Å². The van der Waals surface area contributed by atoms with Crippen LogP contribution in [0.5, 0.6) is 5.75 Å². The second kappa shape index (κ2) is 22.3. The number of allylic oxidation sites excluding steroid dienone is 2. The van der Waals surface area contributed by atoms with E-state index in [1.165, 1.54) is 0 Å². The number of unbranched alkanes of at least 4 members (excludes halogenated alkanes) is 5. The summed E-state index contributed by atoms with van der Waals surface area (Å²) < 4.78 is 0. The Morgan fingerprint density at radius 1 is 0.982 bits per heavy atom. The van der Waals surface area contributed by atoms with Crippen LogP contribution in [0.2, 0.25) is 0 Å². The number of aliphatic hydroxyl groups excluding tert-OH is 3. The Balaban J connectivity index is 1.88. The van der Waals surface area contributed by atoms with E-state index in [1.54, 1.807) is 12.1 Å². The van der Waals surface area contributed by atoms with Gasteiger partial charge in [-0.3, -0.25) is 4.79 Å². The third-order valence-electron chi connectivity index (χ3n) is 12.1. The van der Waals surface area contributed by atoms with Crippen LogP contribution < -0.4 is 5.32 Å². The number of nitrogens with one attached hydrogen (secondary N) is 1. The number of carbonyl (C=O) groups is 1. The van der Waals surface area contributed by atoms with Crippen LogP contribution in [-0.4, -0.2) is 73.1 Å². The number of carboxylic acid groups (broad SMARTS) is 1. The fourth-order valence-corrected chi connectivity index (χ4v) is 8.83. The van der Waals surface area contributed by atoms with Crippen LogP contribution in [0.4, 0.5) is 0 Å². The zero-order valence-corrected chi connectivity index (χ0v) is 33.3. The van der Waals surface area contributed by atoms with E-state index in [0.717, 1.165) is 98.5 Å². The number of hydrogen-bond acceptors (Lipinski definition) is 7. The molecule has 0 bridgehead atoms. The summed E-state index contributed by atoms with van der Waals surface area (Å²) in [6, 6.07) is 14.6. The maximum atomic E-state index is 13.2. The number of phenolic OH excluding ortho intramolecular Hbond substituents is 1. The number of hydrogen-bond donors (Lipinski definition) is 7. The van der Waals surface area contributed by atoms with Crippen molar-refractivity contribution in [3.05, 3.63) is 88.5 Å². The Bertz CT molecular complexity index is 1590. The fourth-order valence-electron chi connectivity index (χ4n) is 8.83. The Morgan fingerprint density at radius 2 is 1.71 bits per heavy atom. The quantitative estimate of drug-likeness (QED) is 0.0563. The molecule has 55 heavy (non-hydrogen) atoms. The van der Waals surface area contributed by atoms with Gasteiger partial charge in [0, 0.05) is 35.9 Å². The van der Waals surface area contributed by atoms with E-state index in [4.69, 9.17) is 0 Å². The van der Waals surface area contributed by atoms with Crippen molar-refractivity contribution in [3.63, 3.8) is 0 Å². The number of aliphatic hydroxyl groups is 4. The van der Waals surface area contributed by atoms with E-state index in [-0.39, 0.29) is 24.6 Å². The van der Waals surface area contributed by atoms with E-state index < -0.39 is 41.8 Å². The van der Waals surface area contributed by atoms with Gasteiger partial charge < -0.3 is 36.0 Å². The number of phenols is 1. The summed E-state index contributed by atoms with van der Waals surface area (Å²) in [6.45, 7) is 3.68. The first-order valence-corrected chi connectivity index (χ1v) is 20.9. The van der Waals surface area contributed by atoms with Gasteiger partial charge in [0.15, 0.2) is 0 Å². The highest BCUT2D eigenvalue weighted by Gasteiger charge is 2.53. The topological polar surface area (TPSA) is 150 Å². The van der Waals surface area contributed by atoms with E-state index in [1.807, 2.05) is 49.4 Å². The van der Waals surface area contributed by atoms with Crippen LogP contribution in [0.25, 0.3) is 0 Å². The molecule has 302 valence electrons. The molecule has 1 aliphatic carbocycles. The fraction of sp³-hybridized carbons (Fsp3) is 0.596. The molecule has 0 aromatic heterocycles. The lowest BCUT2D eigenvalue weighted by Gasteiger charge is -2.52. The zero-order valence-electron chi connectivity index (χ0n) is 33.3. The van der Waals surface area contributed by atoms with Crippen molar-refractivity contribution >= 4 is 5.97 Å². The van der Waals surface area contributed by atoms with Gasteiger partial charge in [0.1, 0.15) is 5.75 Å². The maximum absolute atomic E-state index is 13.2. The second-order valence-corrected chi connectivity index (χ2v) is 16.1. The minimum absolute atomic E-state index is 0.134. The first-order chi connectivity index (χ1) is 26.5. The number of benzene rings is 2. The van der Waals surface area contributed by atoms with Gasteiger partial charge in [-0.15, -0.1) is 0 Å². The van der Waals surface area contributed by atoms with Crippen LogP contribution in [-0.2, 0) is 16.6 Å². The number of aliphatic carboxylic acids is 1. The van der Waals surface area contributed by atoms with Crippen molar-refractivity contribution in [3.8, 4) is 17.6 Å². The minimum atomic E-state index is -1.30. The number of aromatic hydroxyl groups is 1. The van der Waals surface area contributed by atoms with Crippen molar-refractivity contribution in [2.75, 3.05) is 6.61 Å². The van der Waals surface area contributed by atoms with Crippen molar-refractivity contribution in [1.29, 1.82) is 0 Å². The number of rotatable bonds is 19. The molecule has 2 aromatic carbocycles. The molecule has 0 unspecified atom stereocenters. The maximum Gasteiger partial charge on any atom is 0.303 e. The number of aryl methyl sites for hydroxylation is 1. The second-order valence-electron chi connectivity index (χ2n) is 16.1. The molecule has 0 amide bonds. The molecule has 1 aliphatic heterocycles. The SMILES string of the molecule is CCCCC[C@H](O)/C=C/C1=C(\C[C@H](O)CO)[C@H](CCCCCCC(=O)O)N[C@@H]([C@@](C)(O)C2(c3ccc(O)cc3)CCCCC2)CC#Cc2ccccc2CC1. The molecule has 0 saturated heterocycles. The average molecular weight is 758 g/mol. The van der Waals surface area contributed by atoms with Crippen molar-refractivity contribution in [2.45, 2.75) is 171 Å².